The van der Waals surface area contributed by atoms with E-state index < -0.39 is 78.8 Å². The Balaban J connectivity index is 1.71. The average Bonchev–Trinajstić information content (AvgIpc) is 3.68. The first kappa shape index (κ1) is 32.1. The van der Waals surface area contributed by atoms with Crippen molar-refractivity contribution >= 4 is 35.4 Å². The van der Waals surface area contributed by atoms with Gasteiger partial charge in [0.05, 0.1) is 19.3 Å². The van der Waals surface area contributed by atoms with Crippen LogP contribution in [0.5, 0.6) is 0 Å². The second-order valence-corrected chi connectivity index (χ2v) is 11.2. The smallest absolute Gasteiger partial charge is 0.273 e. The predicted molar refractivity (Wildman–Crippen MR) is 153 cm³/mol. The van der Waals surface area contributed by atoms with Gasteiger partial charge in [-0.05, 0) is 17.9 Å². The highest BCUT2D eigenvalue weighted by Gasteiger charge is 2.44. The second-order valence-electron chi connectivity index (χ2n) is 11.2. The van der Waals surface area contributed by atoms with Crippen molar-refractivity contribution in [2.75, 3.05) is 26.7 Å². The zero-order valence-electron chi connectivity index (χ0n) is 24.6. The topological polar surface area (TPSA) is 219 Å². The summed E-state index contributed by atoms with van der Waals surface area (Å²) >= 11 is 0. The van der Waals surface area contributed by atoms with Crippen LogP contribution >= 0.6 is 0 Å². The number of carbonyl (C=O) groups excluding carboxylic acids is 6. The fourth-order valence-electron chi connectivity index (χ4n) is 5.28. The molecule has 2 aliphatic rings. The molecule has 6 amide bonds. The number of fused-ring (bicyclic) bond motifs is 1. The van der Waals surface area contributed by atoms with E-state index in [4.69, 9.17) is 0 Å². The molecular formula is C28H37N9O7. The van der Waals surface area contributed by atoms with Crippen molar-refractivity contribution in [3.63, 3.8) is 0 Å². The molecule has 0 radical (unpaired) electrons. The molecule has 236 valence electrons. The number of nitrogens with one attached hydrogen (secondary N) is 5. The zero-order valence-corrected chi connectivity index (χ0v) is 24.6. The summed E-state index contributed by atoms with van der Waals surface area (Å²) in [5.74, 6) is -4.30. The molecule has 2 saturated heterocycles. The minimum absolute atomic E-state index is 0.00945. The lowest BCUT2D eigenvalue weighted by atomic mass is 10.0. The molecule has 16 nitrogen and oxygen atoms in total. The van der Waals surface area contributed by atoms with Crippen LogP contribution in [-0.2, 0) is 30.4 Å². The lowest BCUT2D eigenvalue weighted by Gasteiger charge is -2.30. The molecule has 4 rings (SSSR count). The fourth-order valence-corrected chi connectivity index (χ4v) is 5.28. The van der Waals surface area contributed by atoms with Crippen LogP contribution < -0.4 is 21.3 Å². The van der Waals surface area contributed by atoms with Crippen LogP contribution in [0.1, 0.15) is 36.3 Å². The molecule has 2 aromatic rings. The summed E-state index contributed by atoms with van der Waals surface area (Å²) in [6, 6.07) is 3.50. The van der Waals surface area contributed by atoms with Crippen LogP contribution in [-0.4, -0.2) is 123 Å². The number of aliphatic hydroxyl groups is 1. The van der Waals surface area contributed by atoms with Crippen LogP contribution in [0, 0.1) is 5.92 Å². The highest BCUT2D eigenvalue weighted by Crippen LogP contribution is 2.22. The van der Waals surface area contributed by atoms with Crippen molar-refractivity contribution in [1.82, 2.24) is 46.5 Å². The summed E-state index contributed by atoms with van der Waals surface area (Å²) in [7, 11) is 1.33. The van der Waals surface area contributed by atoms with Crippen molar-refractivity contribution in [1.29, 1.82) is 0 Å². The zero-order chi connectivity index (χ0) is 32.0. The first-order valence-corrected chi connectivity index (χ1v) is 14.3. The van der Waals surface area contributed by atoms with E-state index in [0.29, 0.717) is 0 Å². The van der Waals surface area contributed by atoms with Crippen molar-refractivity contribution in [2.24, 2.45) is 5.92 Å². The lowest BCUT2D eigenvalue weighted by Crippen LogP contribution is -2.58. The molecule has 6 N–H and O–H groups in total. The van der Waals surface area contributed by atoms with Crippen molar-refractivity contribution in [3.8, 4) is 0 Å². The number of aliphatic hydroxyl groups excluding tert-OH is 1. The van der Waals surface area contributed by atoms with Crippen LogP contribution in [0.2, 0.25) is 0 Å². The molecule has 16 heteroatoms. The molecule has 1 aromatic carbocycles. The Morgan fingerprint density at radius 2 is 1.73 bits per heavy atom. The molecule has 2 aliphatic heterocycles. The van der Waals surface area contributed by atoms with Gasteiger partial charge in [0.15, 0.2) is 5.69 Å². The van der Waals surface area contributed by atoms with Crippen molar-refractivity contribution < 1.29 is 33.9 Å². The third-order valence-corrected chi connectivity index (χ3v) is 7.59. The van der Waals surface area contributed by atoms with Gasteiger partial charge >= 0.3 is 0 Å². The number of nitrogens with zero attached hydrogens (tertiary/aromatic N) is 4. The number of benzene rings is 1. The Labute approximate surface area is 253 Å². The molecule has 5 atom stereocenters. The first-order chi connectivity index (χ1) is 21.0. The van der Waals surface area contributed by atoms with Gasteiger partial charge in [-0.1, -0.05) is 44.2 Å². The minimum Gasteiger partial charge on any atom is -0.394 e. The summed E-state index contributed by atoms with van der Waals surface area (Å²) in [6.45, 7) is 2.15. The molecule has 0 bridgehead atoms. The van der Waals surface area contributed by atoms with Gasteiger partial charge in [-0.25, -0.2) is 0 Å². The number of rotatable bonds is 6. The highest BCUT2D eigenvalue weighted by molar-refractivity contribution is 5.98. The van der Waals surface area contributed by atoms with E-state index in [9.17, 15) is 33.9 Å². The van der Waals surface area contributed by atoms with Crippen LogP contribution in [0.15, 0.2) is 36.5 Å². The summed E-state index contributed by atoms with van der Waals surface area (Å²) in [5, 5.41) is 30.3. The van der Waals surface area contributed by atoms with E-state index >= 15 is 0 Å². The number of amides is 6. The molecule has 1 aromatic heterocycles. The van der Waals surface area contributed by atoms with Crippen LogP contribution in [0.3, 0.4) is 0 Å². The maximum atomic E-state index is 14.2. The fraction of sp³-hybridized carbons (Fsp3) is 0.500. The Kier molecular flexibility index (Phi) is 10.3. The second kappa shape index (κ2) is 14.1. The Hall–Kier alpha value is -4.86. The molecule has 0 unspecified atom stereocenters. The monoisotopic (exact) mass is 611 g/mol. The predicted octanol–water partition coefficient (Wildman–Crippen LogP) is -2.68. The maximum absolute atomic E-state index is 14.2. The number of carbonyl (C=O) groups is 6. The molecule has 44 heavy (non-hydrogen) atoms. The normalized spacial score (nSPS) is 25.5. The van der Waals surface area contributed by atoms with Gasteiger partial charge in [0.2, 0.25) is 29.5 Å². The number of hydrogen-bond acceptors (Lipinski definition) is 9. The minimum atomic E-state index is -1.41. The Bertz CT molecular complexity index is 1370. The lowest BCUT2D eigenvalue weighted by molar-refractivity contribution is -0.143. The molecular weight excluding hydrogens is 574 g/mol. The van der Waals surface area contributed by atoms with Crippen LogP contribution in [0.25, 0.3) is 0 Å². The number of aromatic amines is 1. The van der Waals surface area contributed by atoms with Gasteiger partial charge < -0.3 is 36.2 Å². The van der Waals surface area contributed by atoms with Crippen molar-refractivity contribution in [3.05, 3.63) is 47.8 Å². The number of H-pyrrole nitrogens is 1. The summed E-state index contributed by atoms with van der Waals surface area (Å²) in [6.07, 6.45) is 1.28. The molecule has 0 aliphatic carbocycles. The molecule has 0 spiro atoms. The number of aromatic nitrogens is 3. The third-order valence-electron chi connectivity index (χ3n) is 7.59. The summed E-state index contributed by atoms with van der Waals surface area (Å²) in [4.78, 5) is 82.3. The van der Waals surface area contributed by atoms with Gasteiger partial charge in [-0.2, -0.15) is 15.4 Å². The van der Waals surface area contributed by atoms with Gasteiger partial charge in [0.25, 0.3) is 5.91 Å². The van der Waals surface area contributed by atoms with E-state index in [0.717, 1.165) is 10.5 Å². The van der Waals surface area contributed by atoms with E-state index in [1.54, 1.807) is 38.1 Å². The van der Waals surface area contributed by atoms with Crippen molar-refractivity contribution in [2.45, 2.75) is 56.9 Å². The standard InChI is InChI=1S/C28H37N9O7/c1-15(2)23-26(42)31-18(9-16-7-5-4-6-8-16)28(44)37-12-17(30-24(40)19-11-29-35-34-19)10-21(37)25(41)32-20(14-38)27(43)36(3)13-22(39)33-23/h4-8,11,15,17-18,20-21,23,38H,9-10,12-14H2,1-3H3,(H,30,40)(H,31,42)(H,32,41)(H,33,39)(H,29,34,35)/t17-,18-,20-,21-,23+/m0/s1. The largest absolute Gasteiger partial charge is 0.394 e. The Morgan fingerprint density at radius 3 is 2.36 bits per heavy atom. The maximum Gasteiger partial charge on any atom is 0.273 e. The van der Waals surface area contributed by atoms with Gasteiger partial charge in [0.1, 0.15) is 24.2 Å². The van der Waals surface area contributed by atoms with E-state index in [2.05, 4.69) is 36.7 Å². The number of hydrogen-bond donors (Lipinski definition) is 6. The highest BCUT2D eigenvalue weighted by atomic mass is 16.3. The first-order valence-electron chi connectivity index (χ1n) is 14.3. The average molecular weight is 612 g/mol. The molecule has 3 heterocycles. The molecule has 0 saturated carbocycles. The SMILES string of the molecule is CC(C)[C@H]1NC(=O)CN(C)C(=O)[C@H](CO)NC(=O)[C@@H]2C[C@H](NC(=O)c3cn[nH]n3)CN2C(=O)[C@H](Cc2ccccc2)NC1=O. The summed E-state index contributed by atoms with van der Waals surface area (Å²) in [5.41, 5.74) is 0.744. The third kappa shape index (κ3) is 7.55. The quantitative estimate of drug-likeness (QED) is 0.200. The summed E-state index contributed by atoms with van der Waals surface area (Å²) < 4.78 is 0. The number of likely N-dealkylation sites (N-methyl/N-ethyl adjacent to an activating group) is 1. The van der Waals surface area contributed by atoms with E-state index in [1.165, 1.54) is 18.1 Å². The van der Waals surface area contributed by atoms with Gasteiger partial charge in [0, 0.05) is 26.1 Å². The molecule has 2 fully saturated rings. The van der Waals surface area contributed by atoms with Gasteiger partial charge in [-0.15, -0.1) is 0 Å². The Morgan fingerprint density at radius 1 is 1.02 bits per heavy atom. The van der Waals surface area contributed by atoms with E-state index in [1.807, 2.05) is 6.07 Å². The van der Waals surface area contributed by atoms with Gasteiger partial charge in [-0.3, -0.25) is 28.8 Å². The van der Waals surface area contributed by atoms with E-state index in [-0.39, 0.29) is 31.0 Å². The van der Waals surface area contributed by atoms with Crippen LogP contribution in [0.4, 0.5) is 0 Å².